The molecule has 13 heteroatoms. The summed E-state index contributed by atoms with van der Waals surface area (Å²) in [4.78, 5) is 15.5. The molecule has 0 radical (unpaired) electrons. The second kappa shape index (κ2) is 9.90. The number of anilines is 2. The summed E-state index contributed by atoms with van der Waals surface area (Å²) in [6.07, 6.45) is 1.26. The molecule has 192 valence electrons. The highest BCUT2D eigenvalue weighted by Crippen LogP contribution is 2.35. The molecule has 0 bridgehead atoms. The molecule has 3 aromatic rings. The van der Waals surface area contributed by atoms with Crippen molar-refractivity contribution in [2.24, 2.45) is 5.73 Å². The molecule has 0 amide bonds. The molecular formula is C23H30N8O3S2. The molecule has 2 saturated heterocycles. The van der Waals surface area contributed by atoms with E-state index in [1.165, 1.54) is 10.6 Å². The number of nitrogens with one attached hydrogen (secondary N) is 1. The van der Waals surface area contributed by atoms with Crippen LogP contribution in [-0.2, 0) is 21.3 Å². The van der Waals surface area contributed by atoms with Gasteiger partial charge in [-0.15, -0.1) is 11.3 Å². The van der Waals surface area contributed by atoms with E-state index in [1.54, 1.807) is 23.5 Å². The summed E-state index contributed by atoms with van der Waals surface area (Å²) < 4.78 is 31.8. The van der Waals surface area contributed by atoms with Crippen LogP contribution in [0.1, 0.15) is 10.4 Å². The highest BCUT2D eigenvalue weighted by atomic mass is 32.2. The molecule has 0 atom stereocenters. The van der Waals surface area contributed by atoms with E-state index in [-0.39, 0.29) is 5.84 Å². The van der Waals surface area contributed by atoms with Gasteiger partial charge in [-0.3, -0.25) is 10.3 Å². The van der Waals surface area contributed by atoms with Crippen LogP contribution in [0.2, 0.25) is 0 Å². The molecule has 36 heavy (non-hydrogen) atoms. The number of amidine groups is 1. The zero-order valence-corrected chi connectivity index (χ0v) is 21.7. The summed E-state index contributed by atoms with van der Waals surface area (Å²) in [5, 5.41) is 7.84. The van der Waals surface area contributed by atoms with Crippen LogP contribution < -0.4 is 16.4 Å². The zero-order valence-electron chi connectivity index (χ0n) is 20.1. The van der Waals surface area contributed by atoms with E-state index in [9.17, 15) is 8.42 Å². The highest BCUT2D eigenvalue weighted by Gasteiger charge is 2.25. The smallest absolute Gasteiger partial charge is 0.211 e. The number of hydrogen-bond donors (Lipinski definition) is 3. The number of fused-ring (bicyclic) bond motifs is 1. The number of piperazine rings is 1. The minimum atomic E-state index is -3.16. The molecule has 0 spiro atoms. The van der Waals surface area contributed by atoms with Crippen LogP contribution in [0.4, 0.5) is 11.5 Å². The minimum Gasteiger partial charge on any atom is -0.398 e. The topological polar surface area (TPSA) is 155 Å². The van der Waals surface area contributed by atoms with Crippen molar-refractivity contribution >= 4 is 48.9 Å². The summed E-state index contributed by atoms with van der Waals surface area (Å²) in [6.45, 7) is 5.87. The fraction of sp³-hybridized carbons (Fsp3) is 0.435. The van der Waals surface area contributed by atoms with Crippen LogP contribution >= 0.6 is 11.3 Å². The number of sulfonamides is 1. The lowest BCUT2D eigenvalue weighted by Crippen LogP contribution is -2.47. The van der Waals surface area contributed by atoms with Crippen molar-refractivity contribution in [3.8, 4) is 11.4 Å². The predicted octanol–water partition coefficient (Wildman–Crippen LogP) is 1.14. The number of ether oxygens (including phenoxy) is 1. The molecule has 0 unspecified atom stereocenters. The Hall–Kier alpha value is -2.84. The van der Waals surface area contributed by atoms with Gasteiger partial charge in [0.15, 0.2) is 11.6 Å². The zero-order chi connectivity index (χ0) is 25.4. The first-order valence-corrected chi connectivity index (χ1v) is 14.4. The van der Waals surface area contributed by atoms with Gasteiger partial charge < -0.3 is 21.1 Å². The fourth-order valence-electron chi connectivity index (χ4n) is 4.53. The SMILES string of the molecule is CS(=O)(=O)N1CCN(Cc2cc3nc(-c4ccc(N)c(C(=N)N)c4)nc(N4CCOCC4)c3s2)CC1. The average molecular weight is 531 g/mol. The molecule has 2 aliphatic rings. The number of aromatic nitrogens is 2. The Labute approximate surface area is 214 Å². The lowest BCUT2D eigenvalue weighted by Gasteiger charge is -2.32. The number of benzene rings is 1. The Balaban J connectivity index is 1.49. The molecule has 5 rings (SSSR count). The summed E-state index contributed by atoms with van der Waals surface area (Å²) in [5.74, 6) is 1.33. The van der Waals surface area contributed by atoms with Crippen molar-refractivity contribution in [3.63, 3.8) is 0 Å². The quantitative estimate of drug-likeness (QED) is 0.242. The Bertz CT molecular complexity index is 1390. The van der Waals surface area contributed by atoms with Crippen molar-refractivity contribution < 1.29 is 13.2 Å². The van der Waals surface area contributed by atoms with Crippen LogP contribution in [-0.4, -0.2) is 92.2 Å². The largest absolute Gasteiger partial charge is 0.398 e. The normalized spacial score (nSPS) is 18.1. The van der Waals surface area contributed by atoms with Gasteiger partial charge in [0, 0.05) is 67.5 Å². The van der Waals surface area contributed by atoms with Crippen molar-refractivity contribution in [3.05, 3.63) is 34.7 Å². The minimum absolute atomic E-state index is 0.0994. The third-order valence-electron chi connectivity index (χ3n) is 6.50. The van der Waals surface area contributed by atoms with Gasteiger partial charge >= 0.3 is 0 Å². The number of nitrogen functional groups attached to an aromatic ring is 2. The lowest BCUT2D eigenvalue weighted by atomic mass is 10.1. The third kappa shape index (κ3) is 5.15. The Morgan fingerprint density at radius 1 is 1.11 bits per heavy atom. The van der Waals surface area contributed by atoms with E-state index in [2.05, 4.69) is 15.9 Å². The van der Waals surface area contributed by atoms with Crippen LogP contribution in [0.3, 0.4) is 0 Å². The van der Waals surface area contributed by atoms with E-state index in [0.29, 0.717) is 56.5 Å². The van der Waals surface area contributed by atoms with E-state index in [1.807, 2.05) is 6.07 Å². The average Bonchev–Trinajstić information content (AvgIpc) is 3.26. The number of morpholine rings is 1. The van der Waals surface area contributed by atoms with E-state index in [0.717, 1.165) is 46.1 Å². The molecule has 2 aromatic heterocycles. The first kappa shape index (κ1) is 24.8. The number of rotatable bonds is 6. The molecular weight excluding hydrogens is 500 g/mol. The summed E-state index contributed by atoms with van der Waals surface area (Å²) in [6, 6.07) is 7.43. The number of hydrogen-bond acceptors (Lipinski definition) is 10. The Kier molecular flexibility index (Phi) is 6.83. The Morgan fingerprint density at radius 3 is 2.50 bits per heavy atom. The van der Waals surface area contributed by atoms with Crippen molar-refractivity contribution in [2.75, 3.05) is 69.4 Å². The molecule has 2 aliphatic heterocycles. The van der Waals surface area contributed by atoms with Gasteiger partial charge in [-0.05, 0) is 24.3 Å². The van der Waals surface area contributed by atoms with Gasteiger partial charge in [-0.25, -0.2) is 18.4 Å². The van der Waals surface area contributed by atoms with Gasteiger partial charge in [-0.1, -0.05) is 0 Å². The first-order chi connectivity index (χ1) is 17.2. The number of nitrogens with two attached hydrogens (primary N) is 2. The molecule has 5 N–H and O–H groups in total. The molecule has 4 heterocycles. The van der Waals surface area contributed by atoms with Crippen LogP contribution in [0.5, 0.6) is 0 Å². The van der Waals surface area contributed by atoms with Crippen molar-refractivity contribution in [2.45, 2.75) is 6.54 Å². The monoisotopic (exact) mass is 530 g/mol. The second-order valence-corrected chi connectivity index (χ2v) is 12.2. The molecule has 0 saturated carbocycles. The fourth-order valence-corrected chi connectivity index (χ4v) is 6.51. The summed E-state index contributed by atoms with van der Waals surface area (Å²) in [5.41, 5.74) is 14.2. The van der Waals surface area contributed by atoms with Crippen LogP contribution in [0.15, 0.2) is 24.3 Å². The van der Waals surface area contributed by atoms with Crippen molar-refractivity contribution in [1.29, 1.82) is 5.41 Å². The van der Waals surface area contributed by atoms with Gasteiger partial charge in [0.25, 0.3) is 0 Å². The highest BCUT2D eigenvalue weighted by molar-refractivity contribution is 7.88. The number of nitrogens with zero attached hydrogens (tertiary/aromatic N) is 5. The molecule has 11 nitrogen and oxygen atoms in total. The van der Waals surface area contributed by atoms with Crippen LogP contribution in [0, 0.1) is 5.41 Å². The van der Waals surface area contributed by atoms with Crippen molar-refractivity contribution in [1.82, 2.24) is 19.2 Å². The standard InChI is InChI=1S/C23H30N8O3S2/c1-36(32,33)31-6-4-29(5-7-31)14-16-13-19-20(35-16)23(30-8-10-34-11-9-30)28-22(27-19)15-2-3-18(24)17(12-15)21(25)26/h2-3,12-13H,4-11,14,24H2,1H3,(H3,25,26). The van der Waals surface area contributed by atoms with E-state index < -0.39 is 10.0 Å². The maximum Gasteiger partial charge on any atom is 0.211 e. The lowest BCUT2D eigenvalue weighted by molar-refractivity contribution is 0.122. The van der Waals surface area contributed by atoms with Gasteiger partial charge in [0.05, 0.1) is 29.7 Å². The number of thiophene rings is 1. The van der Waals surface area contributed by atoms with E-state index in [4.69, 9.17) is 31.6 Å². The van der Waals surface area contributed by atoms with Crippen LogP contribution in [0.25, 0.3) is 21.6 Å². The Morgan fingerprint density at radius 2 is 1.83 bits per heavy atom. The first-order valence-electron chi connectivity index (χ1n) is 11.7. The van der Waals surface area contributed by atoms with Gasteiger partial charge in [0.1, 0.15) is 5.84 Å². The molecule has 1 aromatic carbocycles. The maximum absolute atomic E-state index is 11.8. The van der Waals surface area contributed by atoms with Gasteiger partial charge in [0.2, 0.25) is 10.0 Å². The predicted molar refractivity (Wildman–Crippen MR) is 143 cm³/mol. The van der Waals surface area contributed by atoms with Gasteiger partial charge in [-0.2, -0.15) is 4.31 Å². The molecule has 0 aliphatic carbocycles. The summed E-state index contributed by atoms with van der Waals surface area (Å²) >= 11 is 1.68. The molecule has 2 fully saturated rings. The second-order valence-electron chi connectivity index (χ2n) is 9.05. The summed E-state index contributed by atoms with van der Waals surface area (Å²) in [7, 11) is -3.16. The van der Waals surface area contributed by atoms with E-state index >= 15 is 0 Å². The third-order valence-corrected chi connectivity index (χ3v) is 8.90. The maximum atomic E-state index is 11.8.